The highest BCUT2D eigenvalue weighted by atomic mass is 16.2. The number of carbonyl (C=O) groups is 2. The van der Waals surface area contributed by atoms with Gasteiger partial charge in [-0.25, -0.2) is 0 Å². The van der Waals surface area contributed by atoms with E-state index >= 15 is 0 Å². The third-order valence-electron chi connectivity index (χ3n) is 1.40. The van der Waals surface area contributed by atoms with Gasteiger partial charge in [-0.1, -0.05) is 12.2 Å². The number of nitrogens with one attached hydrogen (secondary N) is 1. The molecule has 0 aromatic rings. The predicted molar refractivity (Wildman–Crippen MR) is 40.7 cm³/mol. The van der Waals surface area contributed by atoms with Crippen LogP contribution >= 0.6 is 0 Å². The molecule has 3 nitrogen and oxygen atoms in total. The largest absolute Gasteiger partial charge is 0.323 e. The van der Waals surface area contributed by atoms with Gasteiger partial charge < -0.3 is 5.32 Å². The highest BCUT2D eigenvalue weighted by molar-refractivity contribution is 6.24. The van der Waals surface area contributed by atoms with Crippen LogP contribution in [0.1, 0.15) is 12.8 Å². The van der Waals surface area contributed by atoms with Crippen molar-refractivity contribution in [3.8, 4) is 0 Å². The van der Waals surface area contributed by atoms with Crippen LogP contribution in [0.25, 0.3) is 0 Å². The summed E-state index contributed by atoms with van der Waals surface area (Å²) in [4.78, 5) is 20.5. The summed E-state index contributed by atoms with van der Waals surface area (Å²) in [7, 11) is 0. The molecule has 0 saturated carbocycles. The molecule has 0 atom stereocenters. The van der Waals surface area contributed by atoms with Gasteiger partial charge in [0.05, 0.1) is 0 Å². The van der Waals surface area contributed by atoms with E-state index in [0.717, 1.165) is 18.5 Å². The van der Waals surface area contributed by atoms with Crippen molar-refractivity contribution in [2.75, 3.05) is 0 Å². The lowest BCUT2D eigenvalue weighted by atomic mass is 10.1. The molecule has 1 amide bonds. The third kappa shape index (κ3) is 2.37. The Kier molecular flexibility index (Phi) is 2.60. The van der Waals surface area contributed by atoms with Crippen molar-refractivity contribution in [3.05, 3.63) is 23.9 Å². The molecule has 0 radical (unpaired) electrons. The first-order valence-electron chi connectivity index (χ1n) is 3.45. The standard InChI is InChI=1S/C8H9NO2/c10-6-8(11)9-7-4-2-1-3-5-7/h1-2,4,6H,3,5H2,(H,9,11). The quantitative estimate of drug-likeness (QED) is 0.462. The molecule has 0 heterocycles. The normalized spacial score (nSPS) is 15.5. The minimum Gasteiger partial charge on any atom is -0.323 e. The van der Waals surface area contributed by atoms with Gasteiger partial charge in [0.2, 0.25) is 6.29 Å². The van der Waals surface area contributed by atoms with Crippen LogP contribution in [0.3, 0.4) is 0 Å². The Morgan fingerprint density at radius 2 is 2.45 bits per heavy atom. The third-order valence-corrected chi connectivity index (χ3v) is 1.40. The van der Waals surface area contributed by atoms with Crippen LogP contribution in [0.2, 0.25) is 0 Å². The number of carbonyl (C=O) groups excluding carboxylic acids is 2. The number of hydrogen-bond acceptors (Lipinski definition) is 2. The van der Waals surface area contributed by atoms with Gasteiger partial charge in [-0.05, 0) is 18.9 Å². The molecule has 0 aliphatic heterocycles. The Bertz CT molecular complexity index is 228. The summed E-state index contributed by atoms with van der Waals surface area (Å²) in [5.74, 6) is -0.577. The number of amides is 1. The minimum atomic E-state index is -0.577. The maximum Gasteiger partial charge on any atom is 0.288 e. The second kappa shape index (κ2) is 3.71. The summed E-state index contributed by atoms with van der Waals surface area (Å²) in [6, 6.07) is 0. The van der Waals surface area contributed by atoms with Gasteiger partial charge >= 0.3 is 0 Å². The van der Waals surface area contributed by atoms with Crippen LogP contribution in [0.15, 0.2) is 23.9 Å². The van der Waals surface area contributed by atoms with Crippen molar-refractivity contribution in [1.29, 1.82) is 0 Å². The van der Waals surface area contributed by atoms with Gasteiger partial charge in [0, 0.05) is 5.70 Å². The highest BCUT2D eigenvalue weighted by Gasteiger charge is 2.02. The van der Waals surface area contributed by atoms with E-state index in [1.165, 1.54) is 0 Å². The monoisotopic (exact) mass is 151 g/mol. The van der Waals surface area contributed by atoms with Crippen molar-refractivity contribution in [3.63, 3.8) is 0 Å². The maximum atomic E-state index is 10.5. The van der Waals surface area contributed by atoms with E-state index in [2.05, 4.69) is 5.32 Å². The summed E-state index contributed by atoms with van der Waals surface area (Å²) >= 11 is 0. The van der Waals surface area contributed by atoms with E-state index < -0.39 is 5.91 Å². The molecule has 0 fully saturated rings. The molecular formula is C8H9NO2. The summed E-state index contributed by atoms with van der Waals surface area (Å²) < 4.78 is 0. The topological polar surface area (TPSA) is 46.2 Å². The highest BCUT2D eigenvalue weighted by Crippen LogP contribution is 2.07. The van der Waals surface area contributed by atoms with Crippen LogP contribution < -0.4 is 5.32 Å². The second-order valence-electron chi connectivity index (χ2n) is 2.27. The smallest absolute Gasteiger partial charge is 0.288 e. The lowest BCUT2D eigenvalue weighted by Gasteiger charge is -2.07. The average Bonchev–Trinajstić information content (AvgIpc) is 2.06. The van der Waals surface area contributed by atoms with Crippen molar-refractivity contribution < 1.29 is 9.59 Å². The van der Waals surface area contributed by atoms with Gasteiger partial charge in [-0.3, -0.25) is 9.59 Å². The Labute approximate surface area is 64.8 Å². The van der Waals surface area contributed by atoms with Gasteiger partial charge in [0.1, 0.15) is 0 Å². The van der Waals surface area contributed by atoms with Crippen LogP contribution in [0.5, 0.6) is 0 Å². The molecule has 0 aromatic carbocycles. The fraction of sp³-hybridized carbons (Fsp3) is 0.250. The first-order chi connectivity index (χ1) is 5.33. The zero-order chi connectivity index (χ0) is 8.10. The molecule has 0 bridgehead atoms. The van der Waals surface area contributed by atoms with E-state index in [1.54, 1.807) is 6.08 Å². The first-order valence-corrected chi connectivity index (χ1v) is 3.45. The van der Waals surface area contributed by atoms with Crippen LogP contribution in [0.4, 0.5) is 0 Å². The molecule has 0 aromatic heterocycles. The SMILES string of the molecule is O=CC(=O)NC1=CC=CCC1. The van der Waals surface area contributed by atoms with E-state index in [9.17, 15) is 9.59 Å². The lowest BCUT2D eigenvalue weighted by molar-refractivity contribution is -0.130. The summed E-state index contributed by atoms with van der Waals surface area (Å²) in [6.45, 7) is 0. The van der Waals surface area contributed by atoms with Crippen molar-refractivity contribution in [2.24, 2.45) is 0 Å². The van der Waals surface area contributed by atoms with Gasteiger partial charge in [0.15, 0.2) is 0 Å². The zero-order valence-electron chi connectivity index (χ0n) is 6.04. The van der Waals surface area contributed by atoms with Crippen molar-refractivity contribution in [1.82, 2.24) is 5.32 Å². The molecule has 1 aliphatic rings. The lowest BCUT2D eigenvalue weighted by Crippen LogP contribution is -2.23. The molecule has 0 unspecified atom stereocenters. The Hall–Kier alpha value is -1.38. The molecule has 0 spiro atoms. The van der Waals surface area contributed by atoms with Crippen molar-refractivity contribution >= 4 is 12.2 Å². The molecule has 1 rings (SSSR count). The number of rotatable bonds is 2. The van der Waals surface area contributed by atoms with Crippen LogP contribution in [-0.4, -0.2) is 12.2 Å². The molecular weight excluding hydrogens is 142 g/mol. The predicted octanol–water partition coefficient (Wildman–Crippen LogP) is 0.535. The molecule has 1 aliphatic carbocycles. The van der Waals surface area contributed by atoms with Crippen LogP contribution in [-0.2, 0) is 9.59 Å². The summed E-state index contributed by atoms with van der Waals surface area (Å²) in [6.07, 6.45) is 7.67. The Balaban J connectivity index is 2.48. The van der Waals surface area contributed by atoms with Crippen LogP contribution in [0, 0.1) is 0 Å². The van der Waals surface area contributed by atoms with E-state index in [-0.39, 0.29) is 6.29 Å². The number of allylic oxidation sites excluding steroid dienone is 4. The van der Waals surface area contributed by atoms with E-state index in [4.69, 9.17) is 0 Å². The van der Waals surface area contributed by atoms with Gasteiger partial charge in [-0.2, -0.15) is 0 Å². The van der Waals surface area contributed by atoms with E-state index in [0.29, 0.717) is 0 Å². The summed E-state index contributed by atoms with van der Waals surface area (Å²) in [5, 5.41) is 2.47. The van der Waals surface area contributed by atoms with Crippen molar-refractivity contribution in [2.45, 2.75) is 12.8 Å². The first kappa shape index (κ1) is 7.72. The summed E-state index contributed by atoms with van der Waals surface area (Å²) in [5.41, 5.74) is 0.810. The number of hydrogen-bond donors (Lipinski definition) is 1. The Morgan fingerprint density at radius 1 is 1.64 bits per heavy atom. The van der Waals surface area contributed by atoms with Gasteiger partial charge in [-0.15, -0.1) is 0 Å². The number of aldehydes is 1. The molecule has 3 heteroatoms. The average molecular weight is 151 g/mol. The second-order valence-corrected chi connectivity index (χ2v) is 2.27. The maximum absolute atomic E-state index is 10.5. The van der Waals surface area contributed by atoms with E-state index in [1.807, 2.05) is 12.2 Å². The molecule has 58 valence electrons. The fourth-order valence-electron chi connectivity index (χ4n) is 0.894. The Morgan fingerprint density at radius 3 is 3.00 bits per heavy atom. The fourth-order valence-corrected chi connectivity index (χ4v) is 0.894. The molecule has 11 heavy (non-hydrogen) atoms. The minimum absolute atomic E-state index is 0.277. The molecule has 0 saturated heterocycles. The zero-order valence-corrected chi connectivity index (χ0v) is 6.04. The molecule has 1 N–H and O–H groups in total. The van der Waals surface area contributed by atoms with Gasteiger partial charge in [0.25, 0.3) is 5.91 Å².